The second kappa shape index (κ2) is 6.68. The van der Waals surface area contributed by atoms with Crippen molar-refractivity contribution in [3.63, 3.8) is 0 Å². The largest absolute Gasteiger partial charge is 0.353 e. The number of carbonyl (C=O) groups is 2. The van der Waals surface area contributed by atoms with Crippen molar-refractivity contribution in [3.8, 4) is 10.6 Å². The molecule has 7 heteroatoms. The van der Waals surface area contributed by atoms with Gasteiger partial charge in [0.15, 0.2) is 0 Å². The molecule has 1 aromatic carbocycles. The zero-order valence-corrected chi connectivity index (χ0v) is 14.2. The molecule has 2 aromatic rings. The van der Waals surface area contributed by atoms with Gasteiger partial charge in [-0.2, -0.15) is 0 Å². The number of hydrogen-bond donors (Lipinski definition) is 1. The van der Waals surface area contributed by atoms with Crippen LogP contribution in [0.5, 0.6) is 0 Å². The third kappa shape index (κ3) is 3.23. The van der Waals surface area contributed by atoms with Crippen molar-refractivity contribution in [3.05, 3.63) is 40.4 Å². The summed E-state index contributed by atoms with van der Waals surface area (Å²) in [6, 6.07) is 6.91. The van der Waals surface area contributed by atoms with E-state index >= 15 is 0 Å². The number of hydrogen-bond acceptors (Lipinski definition) is 4. The first kappa shape index (κ1) is 16.0. The molecular weight excluding hydrogens is 334 g/mol. The molecule has 2 amide bonds. The van der Waals surface area contributed by atoms with E-state index in [0.717, 1.165) is 10.6 Å². The second-order valence-corrected chi connectivity index (χ2v) is 6.55. The van der Waals surface area contributed by atoms with Crippen molar-refractivity contribution in [2.45, 2.75) is 19.4 Å². The predicted octanol–water partition coefficient (Wildman–Crippen LogP) is 2.81. The molecule has 120 valence electrons. The lowest BCUT2D eigenvalue weighted by molar-refractivity contribution is -0.127. The average Bonchev–Trinajstić information content (AvgIpc) is 3.04. The Morgan fingerprint density at radius 1 is 1.43 bits per heavy atom. The van der Waals surface area contributed by atoms with Crippen molar-refractivity contribution in [1.82, 2.24) is 15.2 Å². The fraction of sp³-hybridized carbons (Fsp3) is 0.312. The van der Waals surface area contributed by atoms with Crippen molar-refractivity contribution in [2.75, 3.05) is 13.1 Å². The SMILES string of the molecule is CCC1C(=O)NCCN1C(=O)c1csc(-c2ccc(Cl)cc2)n1. The van der Waals surface area contributed by atoms with Crippen molar-refractivity contribution >= 4 is 34.8 Å². The van der Waals surface area contributed by atoms with Gasteiger partial charge in [-0.25, -0.2) is 4.98 Å². The summed E-state index contributed by atoms with van der Waals surface area (Å²) in [4.78, 5) is 30.6. The van der Waals surface area contributed by atoms with Gasteiger partial charge >= 0.3 is 0 Å². The minimum absolute atomic E-state index is 0.0970. The molecule has 1 aliphatic heterocycles. The maximum absolute atomic E-state index is 12.7. The number of amides is 2. The molecule has 0 aliphatic carbocycles. The highest BCUT2D eigenvalue weighted by Gasteiger charge is 2.33. The van der Waals surface area contributed by atoms with E-state index in [0.29, 0.717) is 30.2 Å². The van der Waals surface area contributed by atoms with E-state index in [4.69, 9.17) is 11.6 Å². The summed E-state index contributed by atoms with van der Waals surface area (Å²) in [7, 11) is 0. The summed E-state index contributed by atoms with van der Waals surface area (Å²) in [5, 5.41) is 5.96. The molecule has 1 atom stereocenters. The Morgan fingerprint density at radius 2 is 2.17 bits per heavy atom. The van der Waals surface area contributed by atoms with E-state index < -0.39 is 6.04 Å². The molecule has 1 fully saturated rings. The van der Waals surface area contributed by atoms with Crippen LogP contribution in [0.15, 0.2) is 29.6 Å². The first-order valence-electron chi connectivity index (χ1n) is 7.40. The minimum atomic E-state index is -0.420. The summed E-state index contributed by atoms with van der Waals surface area (Å²) >= 11 is 7.29. The lowest BCUT2D eigenvalue weighted by Gasteiger charge is -2.34. The van der Waals surface area contributed by atoms with Crippen LogP contribution >= 0.6 is 22.9 Å². The lowest BCUT2D eigenvalue weighted by atomic mass is 10.1. The molecule has 1 aliphatic rings. The third-order valence-corrected chi connectivity index (χ3v) is 4.94. The van der Waals surface area contributed by atoms with E-state index in [1.54, 1.807) is 22.4 Å². The quantitative estimate of drug-likeness (QED) is 0.926. The minimum Gasteiger partial charge on any atom is -0.353 e. The fourth-order valence-electron chi connectivity index (χ4n) is 2.61. The Balaban J connectivity index is 1.83. The molecule has 5 nitrogen and oxygen atoms in total. The van der Waals surface area contributed by atoms with E-state index in [-0.39, 0.29) is 11.8 Å². The van der Waals surface area contributed by atoms with Gasteiger partial charge in [-0.3, -0.25) is 9.59 Å². The van der Waals surface area contributed by atoms with E-state index in [1.807, 2.05) is 19.1 Å². The number of rotatable bonds is 3. The summed E-state index contributed by atoms with van der Waals surface area (Å²) in [5.41, 5.74) is 1.30. The molecule has 0 bridgehead atoms. The van der Waals surface area contributed by atoms with Gasteiger partial charge < -0.3 is 10.2 Å². The van der Waals surface area contributed by atoms with Gasteiger partial charge in [0.25, 0.3) is 5.91 Å². The van der Waals surface area contributed by atoms with Gasteiger partial charge in [-0.1, -0.05) is 30.7 Å². The number of piperazine rings is 1. The molecule has 1 saturated heterocycles. The highest BCUT2D eigenvalue weighted by molar-refractivity contribution is 7.13. The Kier molecular flexibility index (Phi) is 4.63. The monoisotopic (exact) mass is 349 g/mol. The van der Waals surface area contributed by atoms with Gasteiger partial charge in [-0.15, -0.1) is 11.3 Å². The molecule has 0 spiro atoms. The van der Waals surface area contributed by atoms with Gasteiger partial charge in [0, 0.05) is 29.1 Å². The Morgan fingerprint density at radius 3 is 2.87 bits per heavy atom. The Labute approximate surface area is 143 Å². The Hall–Kier alpha value is -1.92. The smallest absolute Gasteiger partial charge is 0.274 e. The molecular formula is C16H16ClN3O2S. The number of carbonyl (C=O) groups excluding carboxylic acids is 2. The normalized spacial score (nSPS) is 17.9. The van der Waals surface area contributed by atoms with Crippen LogP contribution in [-0.4, -0.2) is 40.8 Å². The van der Waals surface area contributed by atoms with Crippen LogP contribution in [0.25, 0.3) is 10.6 Å². The topological polar surface area (TPSA) is 62.3 Å². The van der Waals surface area contributed by atoms with Crippen LogP contribution in [0, 0.1) is 0 Å². The maximum Gasteiger partial charge on any atom is 0.274 e. The van der Waals surface area contributed by atoms with Crippen LogP contribution in [-0.2, 0) is 4.79 Å². The highest BCUT2D eigenvalue weighted by Crippen LogP contribution is 2.26. The van der Waals surface area contributed by atoms with E-state index in [1.165, 1.54) is 11.3 Å². The van der Waals surface area contributed by atoms with Crippen LogP contribution < -0.4 is 5.32 Å². The summed E-state index contributed by atoms with van der Waals surface area (Å²) in [6.07, 6.45) is 0.589. The molecule has 0 radical (unpaired) electrons. The number of halogens is 1. The molecule has 23 heavy (non-hydrogen) atoms. The molecule has 0 saturated carbocycles. The molecule has 1 aromatic heterocycles. The molecule has 2 heterocycles. The van der Waals surface area contributed by atoms with Gasteiger partial charge in [0.2, 0.25) is 5.91 Å². The van der Waals surface area contributed by atoms with Crippen LogP contribution in [0.1, 0.15) is 23.8 Å². The van der Waals surface area contributed by atoms with Crippen molar-refractivity contribution < 1.29 is 9.59 Å². The average molecular weight is 350 g/mol. The third-order valence-electron chi connectivity index (χ3n) is 3.79. The van der Waals surface area contributed by atoms with Crippen molar-refractivity contribution in [2.24, 2.45) is 0 Å². The molecule has 3 rings (SSSR count). The fourth-order valence-corrected chi connectivity index (χ4v) is 3.53. The zero-order valence-electron chi connectivity index (χ0n) is 12.6. The number of thiazole rings is 1. The number of nitrogens with zero attached hydrogens (tertiary/aromatic N) is 2. The zero-order chi connectivity index (χ0) is 16.4. The van der Waals surface area contributed by atoms with Crippen LogP contribution in [0.2, 0.25) is 5.02 Å². The van der Waals surface area contributed by atoms with Crippen LogP contribution in [0.3, 0.4) is 0 Å². The highest BCUT2D eigenvalue weighted by atomic mass is 35.5. The summed E-state index contributed by atoms with van der Waals surface area (Å²) < 4.78 is 0. The number of aromatic nitrogens is 1. The molecule has 1 unspecified atom stereocenters. The van der Waals surface area contributed by atoms with Crippen molar-refractivity contribution in [1.29, 1.82) is 0 Å². The Bertz CT molecular complexity index is 729. The van der Waals surface area contributed by atoms with Gasteiger partial charge in [0.05, 0.1) is 0 Å². The lowest BCUT2D eigenvalue weighted by Crippen LogP contribution is -2.56. The van der Waals surface area contributed by atoms with E-state index in [2.05, 4.69) is 10.3 Å². The first-order chi connectivity index (χ1) is 11.1. The van der Waals surface area contributed by atoms with Gasteiger partial charge in [0.1, 0.15) is 16.7 Å². The first-order valence-corrected chi connectivity index (χ1v) is 8.66. The second-order valence-electron chi connectivity index (χ2n) is 5.26. The summed E-state index contributed by atoms with van der Waals surface area (Å²) in [6.45, 7) is 2.89. The van der Waals surface area contributed by atoms with Gasteiger partial charge in [-0.05, 0) is 18.6 Å². The number of nitrogens with one attached hydrogen (secondary N) is 1. The van der Waals surface area contributed by atoms with E-state index in [9.17, 15) is 9.59 Å². The number of benzene rings is 1. The predicted molar refractivity (Wildman–Crippen MR) is 90.7 cm³/mol. The standard InChI is InChI=1S/C16H16ClN3O2S/c1-2-13-14(21)18-7-8-20(13)16(22)12-9-23-15(19-12)10-3-5-11(17)6-4-10/h3-6,9,13H,2,7-8H2,1H3,(H,18,21). The maximum atomic E-state index is 12.7. The summed E-state index contributed by atoms with van der Waals surface area (Å²) in [5.74, 6) is -0.289. The molecule has 1 N–H and O–H groups in total. The van der Waals surface area contributed by atoms with Crippen LogP contribution in [0.4, 0.5) is 0 Å².